The lowest BCUT2D eigenvalue weighted by molar-refractivity contribution is 0.803. The van der Waals surface area contributed by atoms with Crippen LogP contribution in [-0.4, -0.2) is 19.6 Å². The summed E-state index contributed by atoms with van der Waals surface area (Å²) in [5.41, 5.74) is 2.99. The van der Waals surface area contributed by atoms with Crippen LogP contribution in [0.25, 0.3) is 5.65 Å². The third-order valence-corrected chi connectivity index (χ3v) is 4.19. The smallest absolute Gasteiger partial charge is 0.228 e. The first-order valence-corrected chi connectivity index (χ1v) is 8.08. The maximum Gasteiger partial charge on any atom is 0.228 e. The van der Waals surface area contributed by atoms with E-state index in [1.165, 1.54) is 0 Å². The number of fused-ring (bicyclic) bond motifs is 1. The van der Waals surface area contributed by atoms with Gasteiger partial charge in [-0.05, 0) is 31.4 Å². The normalized spacial score (nSPS) is 12.8. The van der Waals surface area contributed by atoms with E-state index < -0.39 is 0 Å². The van der Waals surface area contributed by atoms with Crippen molar-refractivity contribution in [3.63, 3.8) is 0 Å². The number of anilines is 1. The fourth-order valence-corrected chi connectivity index (χ4v) is 2.90. The van der Waals surface area contributed by atoms with Crippen LogP contribution in [0.2, 0.25) is 5.02 Å². The summed E-state index contributed by atoms with van der Waals surface area (Å²) in [6.07, 6.45) is 1.86. The molecule has 1 unspecified atom stereocenters. The molecule has 0 saturated heterocycles. The van der Waals surface area contributed by atoms with Gasteiger partial charge in [0, 0.05) is 10.6 Å². The van der Waals surface area contributed by atoms with E-state index >= 15 is 0 Å². The highest BCUT2D eigenvalue weighted by molar-refractivity contribution is 6.31. The Bertz CT molecular complexity index is 840. The quantitative estimate of drug-likeness (QED) is 0.771. The Kier molecular flexibility index (Phi) is 4.22. The lowest BCUT2D eigenvalue weighted by Crippen LogP contribution is -2.14. The Morgan fingerprint density at radius 2 is 1.83 bits per heavy atom. The Labute approximate surface area is 140 Å². The van der Waals surface area contributed by atoms with Crippen molar-refractivity contribution in [3.8, 4) is 0 Å². The van der Waals surface area contributed by atoms with Crippen LogP contribution >= 0.6 is 11.6 Å². The molecule has 6 heteroatoms. The van der Waals surface area contributed by atoms with E-state index in [4.69, 9.17) is 11.6 Å². The van der Waals surface area contributed by atoms with Crippen molar-refractivity contribution in [2.75, 3.05) is 5.32 Å². The zero-order valence-corrected chi connectivity index (χ0v) is 14.5. The summed E-state index contributed by atoms with van der Waals surface area (Å²) < 4.78 is 1.76. The highest BCUT2D eigenvalue weighted by Crippen LogP contribution is 2.26. The topological polar surface area (TPSA) is 55.1 Å². The molecule has 5 nitrogen and oxygen atoms in total. The highest BCUT2D eigenvalue weighted by Gasteiger charge is 2.16. The van der Waals surface area contributed by atoms with Gasteiger partial charge in [-0.2, -0.15) is 14.6 Å². The van der Waals surface area contributed by atoms with E-state index in [2.05, 4.69) is 41.2 Å². The SMILES string of the molecule is Cc1nc(NC(C)c2ccccc2Cl)n2ncc(C(C)C)c2n1. The molecule has 0 spiro atoms. The zero-order valence-electron chi connectivity index (χ0n) is 13.7. The number of nitrogens with zero attached hydrogens (tertiary/aromatic N) is 4. The number of hydrogen-bond acceptors (Lipinski definition) is 4. The standard InChI is InChI=1S/C17H20ClN5/c1-10(2)14-9-19-23-16(14)21-12(4)22-17(23)20-11(3)13-7-5-6-8-15(13)18/h5-11H,1-4H3,(H,20,21,22). The van der Waals surface area contributed by atoms with Crippen LogP contribution < -0.4 is 5.32 Å². The molecule has 1 atom stereocenters. The van der Waals surface area contributed by atoms with E-state index in [0.717, 1.165) is 21.8 Å². The summed E-state index contributed by atoms with van der Waals surface area (Å²) in [5.74, 6) is 1.75. The average Bonchev–Trinajstić information content (AvgIpc) is 2.91. The van der Waals surface area contributed by atoms with Gasteiger partial charge in [-0.3, -0.25) is 0 Å². The summed E-state index contributed by atoms with van der Waals surface area (Å²) in [5, 5.41) is 8.58. The third-order valence-electron chi connectivity index (χ3n) is 3.85. The van der Waals surface area contributed by atoms with Gasteiger partial charge in [0.2, 0.25) is 5.95 Å². The van der Waals surface area contributed by atoms with Crippen LogP contribution in [0.1, 0.15) is 49.7 Å². The number of benzene rings is 1. The molecule has 0 bridgehead atoms. The largest absolute Gasteiger partial charge is 0.347 e. The van der Waals surface area contributed by atoms with Gasteiger partial charge in [0.15, 0.2) is 5.65 Å². The van der Waals surface area contributed by atoms with Crippen molar-refractivity contribution in [3.05, 3.63) is 52.4 Å². The summed E-state index contributed by atoms with van der Waals surface area (Å²) in [6.45, 7) is 8.21. The fourth-order valence-electron chi connectivity index (χ4n) is 2.60. The lowest BCUT2D eigenvalue weighted by Gasteiger charge is -2.17. The maximum atomic E-state index is 6.29. The second kappa shape index (κ2) is 6.16. The molecule has 23 heavy (non-hydrogen) atoms. The molecule has 0 aliphatic heterocycles. The van der Waals surface area contributed by atoms with E-state index in [-0.39, 0.29) is 6.04 Å². The Morgan fingerprint density at radius 3 is 2.52 bits per heavy atom. The lowest BCUT2D eigenvalue weighted by atomic mass is 10.1. The highest BCUT2D eigenvalue weighted by atomic mass is 35.5. The van der Waals surface area contributed by atoms with Gasteiger partial charge >= 0.3 is 0 Å². The van der Waals surface area contributed by atoms with E-state index in [1.54, 1.807) is 4.52 Å². The Balaban J connectivity index is 2.02. The zero-order chi connectivity index (χ0) is 16.6. The van der Waals surface area contributed by atoms with Gasteiger partial charge in [-0.15, -0.1) is 0 Å². The second-order valence-corrected chi connectivity index (χ2v) is 6.38. The number of aromatic nitrogens is 4. The molecule has 3 aromatic rings. The van der Waals surface area contributed by atoms with Crippen molar-refractivity contribution in [2.24, 2.45) is 0 Å². The van der Waals surface area contributed by atoms with Crippen LogP contribution in [-0.2, 0) is 0 Å². The molecular weight excluding hydrogens is 310 g/mol. The van der Waals surface area contributed by atoms with E-state index in [0.29, 0.717) is 17.7 Å². The van der Waals surface area contributed by atoms with E-state index in [9.17, 15) is 0 Å². The molecule has 1 aromatic carbocycles. The number of nitrogens with one attached hydrogen (secondary N) is 1. The number of hydrogen-bond donors (Lipinski definition) is 1. The predicted octanol–water partition coefficient (Wildman–Crippen LogP) is 4.38. The van der Waals surface area contributed by atoms with Gasteiger partial charge in [0.1, 0.15) is 5.82 Å². The monoisotopic (exact) mass is 329 g/mol. The molecule has 0 amide bonds. The van der Waals surface area contributed by atoms with Crippen LogP contribution in [0.5, 0.6) is 0 Å². The molecule has 1 N–H and O–H groups in total. The van der Waals surface area contributed by atoms with E-state index in [1.807, 2.05) is 37.4 Å². The van der Waals surface area contributed by atoms with Crippen molar-refractivity contribution in [1.82, 2.24) is 19.6 Å². The predicted molar refractivity (Wildman–Crippen MR) is 93.1 cm³/mol. The van der Waals surface area contributed by atoms with Crippen molar-refractivity contribution in [2.45, 2.75) is 39.7 Å². The van der Waals surface area contributed by atoms with Gasteiger partial charge in [0.25, 0.3) is 0 Å². The minimum absolute atomic E-state index is 0.00731. The third kappa shape index (κ3) is 3.01. The molecule has 120 valence electrons. The number of halogens is 1. The van der Waals surface area contributed by atoms with Gasteiger partial charge < -0.3 is 5.32 Å². The first-order valence-electron chi connectivity index (χ1n) is 7.70. The first-order chi connectivity index (χ1) is 11.0. The summed E-state index contributed by atoms with van der Waals surface area (Å²) in [7, 11) is 0. The van der Waals surface area contributed by atoms with Crippen molar-refractivity contribution < 1.29 is 0 Å². The molecule has 0 saturated carbocycles. The first kappa shape index (κ1) is 15.7. The minimum Gasteiger partial charge on any atom is -0.347 e. The minimum atomic E-state index is 0.00731. The van der Waals surface area contributed by atoms with Gasteiger partial charge in [-0.1, -0.05) is 43.6 Å². The molecule has 0 radical (unpaired) electrons. The summed E-state index contributed by atoms with van der Waals surface area (Å²) in [6, 6.07) is 7.81. The summed E-state index contributed by atoms with van der Waals surface area (Å²) >= 11 is 6.29. The average molecular weight is 330 g/mol. The van der Waals surface area contributed by atoms with Gasteiger partial charge in [-0.25, -0.2) is 4.98 Å². The van der Waals surface area contributed by atoms with Crippen LogP contribution in [0.3, 0.4) is 0 Å². The summed E-state index contributed by atoms with van der Waals surface area (Å²) in [4.78, 5) is 9.04. The molecule has 2 aromatic heterocycles. The number of aryl methyl sites for hydroxylation is 1. The Hall–Kier alpha value is -2.14. The molecule has 0 aliphatic carbocycles. The fraction of sp³-hybridized carbons (Fsp3) is 0.353. The van der Waals surface area contributed by atoms with Crippen LogP contribution in [0.15, 0.2) is 30.5 Å². The Morgan fingerprint density at radius 1 is 1.09 bits per heavy atom. The number of rotatable bonds is 4. The van der Waals surface area contributed by atoms with Crippen LogP contribution in [0.4, 0.5) is 5.95 Å². The molecule has 2 heterocycles. The molecule has 0 fully saturated rings. The molecule has 3 rings (SSSR count). The van der Waals surface area contributed by atoms with Crippen LogP contribution in [0, 0.1) is 6.92 Å². The maximum absolute atomic E-state index is 6.29. The van der Waals surface area contributed by atoms with Crippen molar-refractivity contribution >= 4 is 23.2 Å². The second-order valence-electron chi connectivity index (χ2n) is 5.97. The molecule has 0 aliphatic rings. The van der Waals surface area contributed by atoms with Crippen molar-refractivity contribution in [1.29, 1.82) is 0 Å². The van der Waals surface area contributed by atoms with Gasteiger partial charge in [0.05, 0.1) is 12.2 Å². The molecular formula is C17H20ClN5.